The van der Waals surface area contributed by atoms with Gasteiger partial charge in [0.1, 0.15) is 11.3 Å². The van der Waals surface area contributed by atoms with Crippen molar-refractivity contribution in [1.29, 1.82) is 0 Å². The number of primary amides is 1. The van der Waals surface area contributed by atoms with E-state index >= 15 is 0 Å². The largest absolute Gasteiger partial charge is 0.371 e. The lowest BCUT2D eigenvalue weighted by atomic mass is 9.75. The van der Waals surface area contributed by atoms with Gasteiger partial charge in [-0.1, -0.05) is 37.5 Å². The van der Waals surface area contributed by atoms with Crippen LogP contribution in [0, 0.1) is 11.8 Å². The predicted octanol–water partition coefficient (Wildman–Crippen LogP) is 4.04. The Kier molecular flexibility index (Phi) is 4.74. The van der Waals surface area contributed by atoms with E-state index in [0.29, 0.717) is 12.1 Å². The Bertz CT molecular complexity index is 1020. The van der Waals surface area contributed by atoms with E-state index in [2.05, 4.69) is 34.1 Å². The average molecular weight is 389 g/mol. The van der Waals surface area contributed by atoms with Crippen LogP contribution >= 0.6 is 0 Å². The number of carbonyl (C=O) groups excluding carboxylic acids is 1. The number of anilines is 1. The zero-order valence-electron chi connectivity index (χ0n) is 16.8. The predicted molar refractivity (Wildman–Crippen MR) is 115 cm³/mol. The highest BCUT2D eigenvalue weighted by Crippen LogP contribution is 2.37. The average Bonchev–Trinajstić information content (AvgIpc) is 3.12. The summed E-state index contributed by atoms with van der Waals surface area (Å²) in [6.07, 6.45) is 9.41. The minimum Gasteiger partial charge on any atom is -0.371 e. The van der Waals surface area contributed by atoms with Gasteiger partial charge in [0.15, 0.2) is 0 Å². The first-order valence-electron chi connectivity index (χ1n) is 10.8. The van der Waals surface area contributed by atoms with Crippen LogP contribution in [0.4, 0.5) is 5.69 Å². The first-order chi connectivity index (χ1) is 14.2. The first kappa shape index (κ1) is 18.2. The van der Waals surface area contributed by atoms with Crippen molar-refractivity contribution in [1.82, 2.24) is 9.38 Å². The zero-order chi connectivity index (χ0) is 19.8. The fraction of sp³-hybridized carbons (Fsp3) is 0.417. The SMILES string of the molecule is NC(=O)c1c(Cc2ccc(N3CCC4CCCCC4C3)cc2)nc2ccccn12. The van der Waals surface area contributed by atoms with E-state index in [-0.39, 0.29) is 0 Å². The van der Waals surface area contributed by atoms with E-state index < -0.39 is 5.91 Å². The Labute approximate surface area is 171 Å². The lowest BCUT2D eigenvalue weighted by molar-refractivity contribution is 0.0994. The second-order valence-electron chi connectivity index (χ2n) is 8.58. The number of piperidine rings is 1. The number of fused-ring (bicyclic) bond motifs is 2. The Balaban J connectivity index is 1.34. The summed E-state index contributed by atoms with van der Waals surface area (Å²) >= 11 is 0. The summed E-state index contributed by atoms with van der Waals surface area (Å²) in [5, 5.41) is 0. The number of benzene rings is 1. The molecule has 2 aromatic heterocycles. The maximum absolute atomic E-state index is 12.0. The van der Waals surface area contributed by atoms with Gasteiger partial charge in [-0.25, -0.2) is 4.98 Å². The van der Waals surface area contributed by atoms with Crippen molar-refractivity contribution in [2.75, 3.05) is 18.0 Å². The number of rotatable bonds is 4. The summed E-state index contributed by atoms with van der Waals surface area (Å²) in [6, 6.07) is 14.5. The van der Waals surface area contributed by atoms with Crippen LogP contribution in [0.1, 0.15) is 53.8 Å². The maximum Gasteiger partial charge on any atom is 0.267 e. The molecule has 2 atom stereocenters. The Morgan fingerprint density at radius 1 is 1.03 bits per heavy atom. The number of hydrogen-bond donors (Lipinski definition) is 1. The minimum absolute atomic E-state index is 0.439. The third kappa shape index (κ3) is 3.50. The Morgan fingerprint density at radius 2 is 1.83 bits per heavy atom. The van der Waals surface area contributed by atoms with Gasteiger partial charge in [0.05, 0.1) is 5.69 Å². The van der Waals surface area contributed by atoms with Gasteiger partial charge in [0.2, 0.25) is 0 Å². The van der Waals surface area contributed by atoms with Crippen molar-refractivity contribution >= 4 is 17.2 Å². The van der Waals surface area contributed by atoms with Crippen molar-refractivity contribution in [3.8, 4) is 0 Å². The first-order valence-corrected chi connectivity index (χ1v) is 10.8. The molecule has 0 radical (unpaired) electrons. The van der Waals surface area contributed by atoms with E-state index in [1.807, 2.05) is 24.4 Å². The molecule has 2 unspecified atom stereocenters. The number of nitrogens with zero attached hydrogens (tertiary/aromatic N) is 3. The molecular weight excluding hydrogens is 360 g/mol. The number of aromatic nitrogens is 2. The van der Waals surface area contributed by atoms with Gasteiger partial charge in [0.25, 0.3) is 5.91 Å². The molecule has 5 nitrogen and oxygen atoms in total. The molecule has 1 aliphatic heterocycles. The van der Waals surface area contributed by atoms with Gasteiger partial charge in [0, 0.05) is 31.4 Å². The lowest BCUT2D eigenvalue weighted by Crippen LogP contribution is -2.41. The standard InChI is InChI=1S/C24H28N4O/c25-24(29)23-21(26-22-7-3-4-13-28(22)23)15-17-8-10-20(11-9-17)27-14-12-18-5-1-2-6-19(18)16-27/h3-4,7-11,13,18-19H,1-2,5-6,12,14-16H2,(H2,25,29). The number of carbonyl (C=O) groups is 1. The second kappa shape index (κ2) is 7.54. The van der Waals surface area contributed by atoms with Crippen molar-refractivity contribution in [3.63, 3.8) is 0 Å². The molecule has 1 saturated heterocycles. The van der Waals surface area contributed by atoms with Gasteiger partial charge < -0.3 is 10.6 Å². The molecule has 3 heterocycles. The fourth-order valence-electron chi connectivity index (χ4n) is 5.28. The number of pyridine rings is 1. The summed E-state index contributed by atoms with van der Waals surface area (Å²) in [4.78, 5) is 19.2. The Morgan fingerprint density at radius 3 is 2.62 bits per heavy atom. The molecule has 150 valence electrons. The van der Waals surface area contributed by atoms with Gasteiger partial charge in [-0.3, -0.25) is 9.20 Å². The van der Waals surface area contributed by atoms with E-state index in [4.69, 9.17) is 5.73 Å². The van der Waals surface area contributed by atoms with Crippen molar-refractivity contribution in [3.05, 3.63) is 65.6 Å². The van der Waals surface area contributed by atoms with Crippen molar-refractivity contribution in [2.45, 2.75) is 38.5 Å². The molecule has 1 aromatic carbocycles. The smallest absolute Gasteiger partial charge is 0.267 e. The van der Waals surface area contributed by atoms with Crippen LogP contribution in [-0.2, 0) is 6.42 Å². The molecule has 5 rings (SSSR count). The molecule has 3 aromatic rings. The van der Waals surface area contributed by atoms with Crippen LogP contribution in [0.5, 0.6) is 0 Å². The van der Waals surface area contributed by atoms with Crippen LogP contribution in [0.3, 0.4) is 0 Å². The molecule has 2 aliphatic rings. The lowest BCUT2D eigenvalue weighted by Gasteiger charge is -2.42. The molecule has 5 heteroatoms. The quantitative estimate of drug-likeness (QED) is 0.734. The number of imidazole rings is 1. The molecule has 2 N–H and O–H groups in total. The van der Waals surface area contributed by atoms with E-state index in [9.17, 15) is 4.79 Å². The highest BCUT2D eigenvalue weighted by Gasteiger charge is 2.31. The topological polar surface area (TPSA) is 63.6 Å². The molecule has 2 fully saturated rings. The fourth-order valence-corrected chi connectivity index (χ4v) is 5.28. The third-order valence-corrected chi connectivity index (χ3v) is 6.80. The molecule has 1 amide bonds. The summed E-state index contributed by atoms with van der Waals surface area (Å²) in [5.74, 6) is 1.38. The number of nitrogens with two attached hydrogens (primary N) is 1. The molecule has 1 saturated carbocycles. The molecule has 0 bridgehead atoms. The highest BCUT2D eigenvalue weighted by molar-refractivity contribution is 5.93. The van der Waals surface area contributed by atoms with Crippen molar-refractivity contribution < 1.29 is 4.79 Å². The summed E-state index contributed by atoms with van der Waals surface area (Å²) in [6.45, 7) is 2.36. The monoisotopic (exact) mass is 388 g/mol. The maximum atomic E-state index is 12.0. The second-order valence-corrected chi connectivity index (χ2v) is 8.58. The van der Waals surface area contributed by atoms with E-state index in [1.165, 1.54) is 50.9 Å². The normalized spacial score (nSPS) is 21.9. The molecular formula is C24H28N4O. The summed E-state index contributed by atoms with van der Waals surface area (Å²) in [7, 11) is 0. The third-order valence-electron chi connectivity index (χ3n) is 6.80. The number of amides is 1. The van der Waals surface area contributed by atoms with Crippen molar-refractivity contribution in [2.24, 2.45) is 17.6 Å². The minimum atomic E-state index is -0.439. The summed E-state index contributed by atoms with van der Waals surface area (Å²) in [5.41, 5.74) is 10.1. The van der Waals surface area contributed by atoms with E-state index in [0.717, 1.165) is 28.7 Å². The van der Waals surface area contributed by atoms with Crippen LogP contribution in [0.25, 0.3) is 5.65 Å². The van der Waals surface area contributed by atoms with Crippen LogP contribution in [-0.4, -0.2) is 28.4 Å². The molecule has 1 aliphatic carbocycles. The van der Waals surface area contributed by atoms with Crippen LogP contribution < -0.4 is 10.6 Å². The van der Waals surface area contributed by atoms with Gasteiger partial charge in [-0.05, 0) is 54.5 Å². The number of hydrogen-bond acceptors (Lipinski definition) is 3. The zero-order valence-corrected chi connectivity index (χ0v) is 16.8. The van der Waals surface area contributed by atoms with Crippen LogP contribution in [0.15, 0.2) is 48.7 Å². The Hall–Kier alpha value is -2.82. The summed E-state index contributed by atoms with van der Waals surface area (Å²) < 4.78 is 1.78. The van der Waals surface area contributed by atoms with Gasteiger partial charge >= 0.3 is 0 Å². The molecule has 29 heavy (non-hydrogen) atoms. The van der Waals surface area contributed by atoms with Crippen LogP contribution in [0.2, 0.25) is 0 Å². The van der Waals surface area contributed by atoms with Gasteiger partial charge in [-0.2, -0.15) is 0 Å². The van der Waals surface area contributed by atoms with Gasteiger partial charge in [-0.15, -0.1) is 0 Å². The molecule has 0 spiro atoms. The van der Waals surface area contributed by atoms with E-state index in [1.54, 1.807) is 4.40 Å². The highest BCUT2D eigenvalue weighted by atomic mass is 16.1.